The monoisotopic (exact) mass is 307 g/mol. The highest BCUT2D eigenvalue weighted by Gasteiger charge is 2.37. The molecule has 0 saturated heterocycles. The Balaban J connectivity index is 3.39. The first-order chi connectivity index (χ1) is 7.27. The molecule has 0 aliphatic heterocycles. The van der Waals surface area contributed by atoms with Gasteiger partial charge in [-0.2, -0.15) is 13.2 Å². The number of hydrogen-bond acceptors (Lipinski definition) is 1. The van der Waals surface area contributed by atoms with Crippen LogP contribution in [-0.2, 0) is 11.5 Å². The number of aromatic nitrogens is 1. The number of halogens is 7. The summed E-state index contributed by atoms with van der Waals surface area (Å²) in [5.41, 5.74) is -3.29. The van der Waals surface area contributed by atoms with Crippen LogP contribution < -0.4 is 0 Å². The molecule has 1 aromatic heterocycles. The first-order valence-electron chi connectivity index (χ1n) is 3.88. The summed E-state index contributed by atoms with van der Waals surface area (Å²) in [7, 11) is 0. The maximum absolute atomic E-state index is 12.9. The Hall–Kier alpha value is -0.790. The fourth-order valence-electron chi connectivity index (χ4n) is 1.04. The molecule has 1 aromatic rings. The quantitative estimate of drug-likeness (QED) is 0.593. The van der Waals surface area contributed by atoms with Gasteiger partial charge in [-0.25, -0.2) is 18.2 Å². The van der Waals surface area contributed by atoms with E-state index in [4.69, 9.17) is 0 Å². The molecule has 0 fully saturated rings. The van der Waals surface area contributed by atoms with Gasteiger partial charge in [-0.05, 0) is 11.6 Å². The van der Waals surface area contributed by atoms with E-state index in [0.29, 0.717) is 6.07 Å². The van der Waals surface area contributed by atoms with Crippen LogP contribution in [0.5, 0.6) is 0 Å². The van der Waals surface area contributed by atoms with E-state index in [0.717, 1.165) is 0 Å². The van der Waals surface area contributed by atoms with Gasteiger partial charge in [-0.15, -0.1) is 0 Å². The Kier molecular flexibility index (Phi) is 3.82. The third kappa shape index (κ3) is 2.66. The van der Waals surface area contributed by atoms with E-state index in [1.165, 1.54) is 0 Å². The maximum Gasteiger partial charge on any atom is 0.436 e. The normalized spacial score (nSPS) is 12.2. The first-order valence-corrected chi connectivity index (χ1v) is 5.00. The third-order valence-electron chi connectivity index (χ3n) is 1.71. The summed E-state index contributed by atoms with van der Waals surface area (Å²) in [6, 6.07) is 0.409. The van der Waals surface area contributed by atoms with Crippen molar-refractivity contribution in [1.29, 1.82) is 0 Å². The van der Waals surface area contributed by atoms with Gasteiger partial charge in [0.1, 0.15) is 5.69 Å². The standard InChI is InChI=1S/C8H4BrF6N/c9-2-3-1-4(10)6(8(13,14)15)16-5(3)7(11)12/h1,7H,2H2. The second-order valence-electron chi connectivity index (χ2n) is 2.80. The van der Waals surface area contributed by atoms with Gasteiger partial charge in [-0.3, -0.25) is 0 Å². The number of rotatable bonds is 2. The molecule has 1 nitrogen and oxygen atoms in total. The van der Waals surface area contributed by atoms with Crippen LogP contribution >= 0.6 is 15.9 Å². The summed E-state index contributed by atoms with van der Waals surface area (Å²) in [6.45, 7) is 0. The predicted molar refractivity (Wildman–Crippen MR) is 46.8 cm³/mol. The van der Waals surface area contributed by atoms with Gasteiger partial charge >= 0.3 is 6.18 Å². The molecule has 90 valence electrons. The Labute approximate surface area is 94.6 Å². The molecule has 0 N–H and O–H groups in total. The van der Waals surface area contributed by atoms with E-state index in [1.54, 1.807) is 0 Å². The van der Waals surface area contributed by atoms with Gasteiger partial charge in [0.05, 0.1) is 0 Å². The minimum absolute atomic E-state index is 0.200. The van der Waals surface area contributed by atoms with Gasteiger partial charge < -0.3 is 0 Å². The highest BCUT2D eigenvalue weighted by molar-refractivity contribution is 9.08. The van der Waals surface area contributed by atoms with Crippen molar-refractivity contribution in [2.45, 2.75) is 17.9 Å². The van der Waals surface area contributed by atoms with Crippen LogP contribution in [0.4, 0.5) is 26.3 Å². The molecule has 1 heterocycles. The molecule has 0 aliphatic carbocycles. The molecule has 0 amide bonds. The van der Waals surface area contributed by atoms with E-state index in [2.05, 4.69) is 20.9 Å². The Morgan fingerprint density at radius 1 is 1.31 bits per heavy atom. The molecule has 0 atom stereocenters. The van der Waals surface area contributed by atoms with Crippen molar-refractivity contribution in [3.05, 3.63) is 28.8 Å². The molecule has 0 aliphatic rings. The van der Waals surface area contributed by atoms with Crippen LogP contribution in [0.3, 0.4) is 0 Å². The molecule has 16 heavy (non-hydrogen) atoms. The lowest BCUT2D eigenvalue weighted by atomic mass is 10.2. The topological polar surface area (TPSA) is 12.9 Å². The van der Waals surface area contributed by atoms with Crippen molar-refractivity contribution < 1.29 is 26.3 Å². The molecular weight excluding hydrogens is 304 g/mol. The lowest BCUT2D eigenvalue weighted by Gasteiger charge is -2.11. The summed E-state index contributed by atoms with van der Waals surface area (Å²) in [5, 5.41) is -0.200. The van der Waals surface area contributed by atoms with Crippen LogP contribution in [0, 0.1) is 5.82 Å². The van der Waals surface area contributed by atoms with Crippen LogP contribution in [0.1, 0.15) is 23.4 Å². The van der Waals surface area contributed by atoms with E-state index >= 15 is 0 Å². The van der Waals surface area contributed by atoms with Crippen LogP contribution in [0.15, 0.2) is 6.07 Å². The van der Waals surface area contributed by atoms with Crippen LogP contribution in [-0.4, -0.2) is 4.98 Å². The lowest BCUT2D eigenvalue weighted by Crippen LogP contribution is -2.14. The van der Waals surface area contributed by atoms with Crippen LogP contribution in [0.2, 0.25) is 0 Å². The average Bonchev–Trinajstić information content (AvgIpc) is 2.14. The van der Waals surface area contributed by atoms with Crippen molar-refractivity contribution in [2.24, 2.45) is 0 Å². The molecular formula is C8H4BrF6N. The van der Waals surface area contributed by atoms with Crippen molar-refractivity contribution >= 4 is 15.9 Å². The summed E-state index contributed by atoms with van der Waals surface area (Å²) in [5.74, 6) is -1.66. The Bertz CT molecular complexity index is 389. The van der Waals surface area contributed by atoms with Crippen molar-refractivity contribution in [2.75, 3.05) is 0 Å². The van der Waals surface area contributed by atoms with Crippen molar-refractivity contribution in [3.63, 3.8) is 0 Å². The average molecular weight is 308 g/mol. The van der Waals surface area contributed by atoms with Gasteiger partial charge in [-0.1, -0.05) is 15.9 Å². The Morgan fingerprint density at radius 2 is 1.88 bits per heavy atom. The first kappa shape index (κ1) is 13.3. The smallest absolute Gasteiger partial charge is 0.239 e. The molecule has 0 radical (unpaired) electrons. The van der Waals surface area contributed by atoms with Gasteiger partial charge in [0.2, 0.25) is 0 Å². The maximum atomic E-state index is 12.9. The van der Waals surface area contributed by atoms with E-state index < -0.39 is 29.8 Å². The summed E-state index contributed by atoms with van der Waals surface area (Å²) in [6.07, 6.45) is -8.27. The number of nitrogens with zero attached hydrogens (tertiary/aromatic N) is 1. The molecule has 1 rings (SSSR count). The fourth-order valence-corrected chi connectivity index (χ4v) is 1.48. The highest BCUT2D eigenvalue weighted by atomic mass is 79.9. The minimum Gasteiger partial charge on any atom is -0.239 e. The SMILES string of the molecule is Fc1cc(CBr)c(C(F)F)nc1C(F)(F)F. The molecule has 0 spiro atoms. The largest absolute Gasteiger partial charge is 0.436 e. The van der Waals surface area contributed by atoms with E-state index in [9.17, 15) is 26.3 Å². The lowest BCUT2D eigenvalue weighted by molar-refractivity contribution is -0.144. The van der Waals surface area contributed by atoms with Gasteiger partial charge in [0.15, 0.2) is 11.5 Å². The zero-order chi connectivity index (χ0) is 12.5. The number of alkyl halides is 6. The number of hydrogen-bond donors (Lipinski definition) is 0. The van der Waals surface area contributed by atoms with E-state index in [-0.39, 0.29) is 10.9 Å². The number of pyridine rings is 1. The fraction of sp³-hybridized carbons (Fsp3) is 0.375. The van der Waals surface area contributed by atoms with Gasteiger partial charge in [0.25, 0.3) is 6.43 Å². The van der Waals surface area contributed by atoms with Crippen molar-refractivity contribution in [1.82, 2.24) is 4.98 Å². The molecule has 0 unspecified atom stereocenters. The second kappa shape index (κ2) is 4.60. The molecule has 8 heteroatoms. The second-order valence-corrected chi connectivity index (χ2v) is 3.36. The Morgan fingerprint density at radius 3 is 2.25 bits per heavy atom. The van der Waals surface area contributed by atoms with Crippen molar-refractivity contribution in [3.8, 4) is 0 Å². The highest BCUT2D eigenvalue weighted by Crippen LogP contribution is 2.33. The zero-order valence-corrected chi connectivity index (χ0v) is 9.04. The predicted octanol–water partition coefficient (Wildman–Crippen LogP) is 4.07. The molecule has 0 saturated carbocycles. The van der Waals surface area contributed by atoms with E-state index in [1.807, 2.05) is 0 Å². The summed E-state index contributed by atoms with van der Waals surface area (Å²) >= 11 is 2.76. The minimum atomic E-state index is -5.08. The summed E-state index contributed by atoms with van der Waals surface area (Å²) < 4.78 is 74.1. The van der Waals surface area contributed by atoms with Gasteiger partial charge in [0, 0.05) is 5.33 Å². The van der Waals surface area contributed by atoms with Crippen LogP contribution in [0.25, 0.3) is 0 Å². The molecule has 0 aromatic carbocycles. The molecule has 0 bridgehead atoms. The third-order valence-corrected chi connectivity index (χ3v) is 2.31. The zero-order valence-electron chi connectivity index (χ0n) is 7.45. The summed E-state index contributed by atoms with van der Waals surface area (Å²) in [4.78, 5) is 2.63.